The van der Waals surface area contributed by atoms with Crippen LogP contribution < -0.4 is 5.32 Å². The largest absolute Gasteiger partial charge is 0.480 e. The van der Waals surface area contributed by atoms with Crippen molar-refractivity contribution in [2.24, 2.45) is 5.92 Å². The maximum Gasteiger partial charge on any atom is 0.326 e. The Morgan fingerprint density at radius 1 is 1.19 bits per heavy atom. The molecule has 0 aliphatic heterocycles. The normalized spacial score (nSPS) is 12.0. The molecule has 1 aromatic rings. The van der Waals surface area contributed by atoms with Crippen molar-refractivity contribution in [2.45, 2.75) is 26.3 Å². The van der Waals surface area contributed by atoms with Crippen molar-refractivity contribution in [3.05, 3.63) is 38.4 Å². The number of carbonyl (C=O) groups is 1. The fourth-order valence-corrected chi connectivity index (χ4v) is 1.78. The topological polar surface area (TPSA) is 136 Å². The van der Waals surface area contributed by atoms with Crippen LogP contribution in [0.25, 0.3) is 0 Å². The van der Waals surface area contributed by atoms with Crippen molar-refractivity contribution in [1.82, 2.24) is 0 Å². The summed E-state index contributed by atoms with van der Waals surface area (Å²) in [5.41, 5.74) is -0.912. The standard InChI is InChI=1S/C12H15N3O6/c1-7(2)3-11(12(16)17)13-8-4-9(14(18)19)6-10(5-8)15(20)21/h4-7,11,13H,3H2,1-2H3,(H,16,17)/t11-/m1/s1. The van der Waals surface area contributed by atoms with Gasteiger partial charge in [-0.2, -0.15) is 0 Å². The molecule has 21 heavy (non-hydrogen) atoms. The van der Waals surface area contributed by atoms with Crippen molar-refractivity contribution in [3.8, 4) is 0 Å². The van der Waals surface area contributed by atoms with Crippen LogP contribution in [-0.2, 0) is 4.79 Å². The minimum absolute atomic E-state index is 0.0314. The smallest absolute Gasteiger partial charge is 0.326 e. The molecule has 0 aliphatic carbocycles. The van der Waals surface area contributed by atoms with E-state index in [1.54, 1.807) is 0 Å². The molecule has 0 saturated carbocycles. The fraction of sp³-hybridized carbons (Fsp3) is 0.417. The predicted molar refractivity (Wildman–Crippen MR) is 74.3 cm³/mol. The molecular formula is C12H15N3O6. The van der Waals surface area contributed by atoms with Gasteiger partial charge in [0, 0.05) is 17.8 Å². The number of hydrogen-bond acceptors (Lipinski definition) is 6. The minimum Gasteiger partial charge on any atom is -0.480 e. The van der Waals surface area contributed by atoms with Gasteiger partial charge in [-0.3, -0.25) is 20.2 Å². The highest BCUT2D eigenvalue weighted by molar-refractivity contribution is 5.78. The summed E-state index contributed by atoms with van der Waals surface area (Å²) in [6, 6.07) is 1.99. The van der Waals surface area contributed by atoms with Crippen LogP contribution in [0.4, 0.5) is 17.1 Å². The summed E-state index contributed by atoms with van der Waals surface area (Å²) in [5.74, 6) is -1.05. The van der Waals surface area contributed by atoms with Gasteiger partial charge in [-0.1, -0.05) is 13.8 Å². The summed E-state index contributed by atoms with van der Waals surface area (Å²) in [6.07, 6.45) is 0.284. The molecule has 0 radical (unpaired) electrons. The SMILES string of the molecule is CC(C)C[C@@H](Nc1cc([N+](=O)[O-])cc([N+](=O)[O-])c1)C(=O)O. The highest BCUT2D eigenvalue weighted by Crippen LogP contribution is 2.26. The van der Waals surface area contributed by atoms with Crippen LogP contribution in [-0.4, -0.2) is 27.0 Å². The Kier molecular flexibility index (Phi) is 5.17. The van der Waals surface area contributed by atoms with Crippen LogP contribution in [0.1, 0.15) is 20.3 Å². The molecule has 0 saturated heterocycles. The van der Waals surface area contributed by atoms with Crippen LogP contribution in [0.5, 0.6) is 0 Å². The Morgan fingerprint density at radius 2 is 1.67 bits per heavy atom. The number of nitrogens with zero attached hydrogens (tertiary/aromatic N) is 2. The van der Waals surface area contributed by atoms with Crippen LogP contribution in [0, 0.1) is 26.1 Å². The summed E-state index contributed by atoms with van der Waals surface area (Å²) in [5, 5.41) is 33.2. The zero-order valence-corrected chi connectivity index (χ0v) is 11.5. The first-order valence-electron chi connectivity index (χ1n) is 6.14. The third-order valence-electron chi connectivity index (χ3n) is 2.67. The Balaban J connectivity index is 3.13. The summed E-state index contributed by atoms with van der Waals surface area (Å²) < 4.78 is 0. The maximum atomic E-state index is 11.1. The Hall–Kier alpha value is -2.71. The third kappa shape index (κ3) is 4.71. The summed E-state index contributed by atoms with van der Waals surface area (Å²) in [6.45, 7) is 3.65. The van der Waals surface area contributed by atoms with Crippen LogP contribution in [0.15, 0.2) is 18.2 Å². The number of carboxylic acid groups (broad SMARTS) is 1. The van der Waals surface area contributed by atoms with E-state index in [0.29, 0.717) is 0 Å². The van der Waals surface area contributed by atoms with E-state index in [4.69, 9.17) is 5.11 Å². The van der Waals surface area contributed by atoms with E-state index in [2.05, 4.69) is 5.32 Å². The van der Waals surface area contributed by atoms with Gasteiger partial charge in [0.15, 0.2) is 0 Å². The first kappa shape index (κ1) is 16.3. The first-order chi connectivity index (χ1) is 9.70. The number of nitro benzene ring substituents is 2. The molecule has 1 aromatic carbocycles. The van der Waals surface area contributed by atoms with E-state index in [1.165, 1.54) is 0 Å². The van der Waals surface area contributed by atoms with E-state index in [0.717, 1.165) is 18.2 Å². The second kappa shape index (κ2) is 6.64. The van der Waals surface area contributed by atoms with Crippen LogP contribution in [0.3, 0.4) is 0 Å². The number of hydrogen-bond donors (Lipinski definition) is 2. The predicted octanol–water partition coefficient (Wildman–Crippen LogP) is 2.41. The average Bonchev–Trinajstić information content (AvgIpc) is 2.36. The molecule has 9 heteroatoms. The van der Waals surface area contributed by atoms with Gasteiger partial charge in [0.1, 0.15) is 6.04 Å². The zero-order valence-electron chi connectivity index (χ0n) is 11.5. The quantitative estimate of drug-likeness (QED) is 0.582. The van der Waals surface area contributed by atoms with Gasteiger partial charge in [-0.15, -0.1) is 0 Å². The van der Waals surface area contributed by atoms with Gasteiger partial charge in [-0.25, -0.2) is 4.79 Å². The molecule has 0 unspecified atom stereocenters. The van der Waals surface area contributed by atoms with E-state index >= 15 is 0 Å². The van der Waals surface area contributed by atoms with Gasteiger partial charge in [0.25, 0.3) is 11.4 Å². The highest BCUT2D eigenvalue weighted by Gasteiger charge is 2.22. The van der Waals surface area contributed by atoms with Crippen molar-refractivity contribution in [2.75, 3.05) is 5.32 Å². The second-order valence-electron chi connectivity index (χ2n) is 4.92. The number of benzene rings is 1. The van der Waals surface area contributed by atoms with Gasteiger partial charge in [0.2, 0.25) is 0 Å². The summed E-state index contributed by atoms with van der Waals surface area (Å²) in [4.78, 5) is 31.1. The molecule has 0 aliphatic rings. The van der Waals surface area contributed by atoms with E-state index in [1.807, 2.05) is 13.8 Å². The lowest BCUT2D eigenvalue weighted by molar-refractivity contribution is -0.394. The van der Waals surface area contributed by atoms with Gasteiger partial charge in [-0.05, 0) is 12.3 Å². The Bertz CT molecular complexity index is 540. The molecule has 114 valence electrons. The number of nitro groups is 2. The molecule has 0 amide bonds. The summed E-state index contributed by atoms with van der Waals surface area (Å²) >= 11 is 0. The maximum absolute atomic E-state index is 11.1. The first-order valence-corrected chi connectivity index (χ1v) is 6.14. The third-order valence-corrected chi connectivity index (χ3v) is 2.67. The molecule has 0 bridgehead atoms. The van der Waals surface area contributed by atoms with Gasteiger partial charge >= 0.3 is 5.97 Å². The summed E-state index contributed by atoms with van der Waals surface area (Å²) in [7, 11) is 0. The van der Waals surface area contributed by atoms with E-state index in [9.17, 15) is 25.0 Å². The van der Waals surface area contributed by atoms with Crippen molar-refractivity contribution < 1.29 is 19.7 Å². The number of carboxylic acids is 1. The number of non-ortho nitro benzene ring substituents is 2. The number of aliphatic carboxylic acids is 1. The van der Waals surface area contributed by atoms with Crippen molar-refractivity contribution in [1.29, 1.82) is 0 Å². The number of rotatable bonds is 7. The molecule has 0 fully saturated rings. The lowest BCUT2D eigenvalue weighted by Gasteiger charge is -2.17. The number of anilines is 1. The van der Waals surface area contributed by atoms with Crippen LogP contribution >= 0.6 is 0 Å². The number of nitrogens with one attached hydrogen (secondary N) is 1. The molecule has 2 N–H and O–H groups in total. The molecule has 1 rings (SSSR count). The molecule has 9 nitrogen and oxygen atoms in total. The Labute approximate surface area is 119 Å². The fourth-order valence-electron chi connectivity index (χ4n) is 1.78. The van der Waals surface area contributed by atoms with Crippen molar-refractivity contribution >= 4 is 23.0 Å². The van der Waals surface area contributed by atoms with E-state index in [-0.39, 0.29) is 18.0 Å². The van der Waals surface area contributed by atoms with E-state index < -0.39 is 33.2 Å². The highest BCUT2D eigenvalue weighted by atomic mass is 16.6. The minimum atomic E-state index is -1.13. The zero-order chi connectivity index (χ0) is 16.2. The van der Waals surface area contributed by atoms with Gasteiger partial charge < -0.3 is 10.4 Å². The van der Waals surface area contributed by atoms with Gasteiger partial charge in [0.05, 0.1) is 15.9 Å². The van der Waals surface area contributed by atoms with Crippen LogP contribution in [0.2, 0.25) is 0 Å². The molecule has 1 atom stereocenters. The molecule has 0 heterocycles. The molecule has 0 aromatic heterocycles. The molecule has 0 spiro atoms. The lowest BCUT2D eigenvalue weighted by atomic mass is 10.0. The lowest BCUT2D eigenvalue weighted by Crippen LogP contribution is -2.30. The Morgan fingerprint density at radius 3 is 2.00 bits per heavy atom. The monoisotopic (exact) mass is 297 g/mol. The second-order valence-corrected chi connectivity index (χ2v) is 4.92. The average molecular weight is 297 g/mol. The van der Waals surface area contributed by atoms with Crippen molar-refractivity contribution in [3.63, 3.8) is 0 Å². The molecular weight excluding hydrogens is 282 g/mol.